The fraction of sp³-hybridized carbons (Fsp3) is 0.833. The molecule has 0 saturated carbocycles. The van der Waals surface area contributed by atoms with Crippen LogP contribution in [0.1, 0.15) is 34.6 Å². The zero-order chi connectivity index (χ0) is 13.8. The fourth-order valence-electron chi connectivity index (χ4n) is 1.54. The maximum absolute atomic E-state index is 11.0. The number of carbonyl (C=O) groups excluding carboxylic acids is 1. The molecule has 0 saturated heterocycles. The van der Waals surface area contributed by atoms with Crippen molar-refractivity contribution in [3.63, 3.8) is 0 Å². The molecule has 0 aromatic heterocycles. The van der Waals surface area contributed by atoms with E-state index in [-0.39, 0.29) is 17.4 Å². The number of nitrogens with zero attached hydrogens (tertiary/aromatic N) is 1. The molecule has 0 bridgehead atoms. The van der Waals surface area contributed by atoms with E-state index in [1.54, 1.807) is 0 Å². The second-order valence-electron chi connectivity index (χ2n) is 5.57. The molecule has 0 aliphatic rings. The Morgan fingerprint density at radius 2 is 1.82 bits per heavy atom. The molecule has 100 valence electrons. The lowest BCUT2D eigenvalue weighted by atomic mass is 9.87. The van der Waals surface area contributed by atoms with Gasteiger partial charge in [-0.25, -0.2) is 4.79 Å². The summed E-state index contributed by atoms with van der Waals surface area (Å²) in [5.74, 6) is -1.33. The van der Waals surface area contributed by atoms with Gasteiger partial charge in [0.1, 0.15) is 6.04 Å². The van der Waals surface area contributed by atoms with Gasteiger partial charge in [0.2, 0.25) is 5.91 Å². The first kappa shape index (κ1) is 15.9. The van der Waals surface area contributed by atoms with E-state index in [9.17, 15) is 9.59 Å². The van der Waals surface area contributed by atoms with Gasteiger partial charge in [-0.2, -0.15) is 0 Å². The molecule has 0 radical (unpaired) electrons. The van der Waals surface area contributed by atoms with Gasteiger partial charge in [0.15, 0.2) is 0 Å². The van der Waals surface area contributed by atoms with Gasteiger partial charge >= 0.3 is 5.97 Å². The highest BCUT2D eigenvalue weighted by molar-refractivity contribution is 5.82. The number of carbonyl (C=O) groups is 2. The van der Waals surface area contributed by atoms with Gasteiger partial charge in [0.25, 0.3) is 0 Å². The summed E-state index contributed by atoms with van der Waals surface area (Å²) in [4.78, 5) is 23.9. The van der Waals surface area contributed by atoms with E-state index in [1.165, 1.54) is 6.92 Å². The molecule has 0 aromatic carbocycles. The summed E-state index contributed by atoms with van der Waals surface area (Å²) in [6.45, 7) is 9.97. The summed E-state index contributed by atoms with van der Waals surface area (Å²) in [5.41, 5.74) is 0.0635. The van der Waals surface area contributed by atoms with Crippen LogP contribution in [-0.4, -0.2) is 47.6 Å². The van der Waals surface area contributed by atoms with Crippen LogP contribution in [0.2, 0.25) is 0 Å². The van der Waals surface area contributed by atoms with Crippen LogP contribution < -0.4 is 5.32 Å². The molecule has 5 heteroatoms. The average molecular weight is 244 g/mol. The van der Waals surface area contributed by atoms with E-state index in [0.29, 0.717) is 6.54 Å². The van der Waals surface area contributed by atoms with E-state index in [4.69, 9.17) is 5.11 Å². The van der Waals surface area contributed by atoms with Crippen molar-refractivity contribution in [3.8, 4) is 0 Å². The first-order valence-electron chi connectivity index (χ1n) is 5.76. The molecule has 5 nitrogen and oxygen atoms in total. The third-order valence-electron chi connectivity index (χ3n) is 3.06. The average Bonchev–Trinajstić information content (AvgIpc) is 2.13. The van der Waals surface area contributed by atoms with Crippen LogP contribution in [0.15, 0.2) is 0 Å². The molecule has 0 fully saturated rings. The summed E-state index contributed by atoms with van der Waals surface area (Å²) in [6, 6.07) is -0.639. The third-order valence-corrected chi connectivity index (χ3v) is 3.06. The molecule has 0 spiro atoms. The lowest BCUT2D eigenvalue weighted by Gasteiger charge is -2.36. The quantitative estimate of drug-likeness (QED) is 0.755. The molecule has 0 aliphatic carbocycles. The van der Waals surface area contributed by atoms with E-state index < -0.39 is 12.0 Å². The Bertz CT molecular complexity index is 284. The molecule has 2 unspecified atom stereocenters. The Morgan fingerprint density at radius 1 is 1.35 bits per heavy atom. The van der Waals surface area contributed by atoms with Crippen molar-refractivity contribution >= 4 is 11.9 Å². The van der Waals surface area contributed by atoms with Crippen molar-refractivity contribution in [3.05, 3.63) is 0 Å². The van der Waals surface area contributed by atoms with Crippen molar-refractivity contribution in [2.75, 3.05) is 13.6 Å². The highest BCUT2D eigenvalue weighted by Gasteiger charge is 2.28. The Hall–Kier alpha value is -1.10. The SMILES string of the molecule is CC(=O)NC(CN(C)C(C)C(C)(C)C)C(=O)O. The first-order chi connectivity index (χ1) is 7.55. The van der Waals surface area contributed by atoms with E-state index in [2.05, 4.69) is 26.1 Å². The molecule has 1 amide bonds. The number of amides is 1. The minimum absolute atomic E-state index is 0.0635. The summed E-state index contributed by atoms with van der Waals surface area (Å²) < 4.78 is 0. The van der Waals surface area contributed by atoms with Crippen LogP contribution in [-0.2, 0) is 9.59 Å². The minimum Gasteiger partial charge on any atom is -0.480 e. The number of hydrogen-bond acceptors (Lipinski definition) is 3. The van der Waals surface area contributed by atoms with Crippen molar-refractivity contribution in [1.82, 2.24) is 10.2 Å². The van der Waals surface area contributed by atoms with Crippen LogP contribution in [0.5, 0.6) is 0 Å². The monoisotopic (exact) mass is 244 g/mol. The molecular formula is C12H24N2O3. The fourth-order valence-corrected chi connectivity index (χ4v) is 1.54. The van der Waals surface area contributed by atoms with Gasteiger partial charge in [-0.05, 0) is 19.4 Å². The molecule has 2 atom stereocenters. The standard InChI is InChI=1S/C12H24N2O3/c1-8(12(3,4)5)14(6)7-10(11(16)17)13-9(2)15/h8,10H,7H2,1-6H3,(H,13,15)(H,16,17). The van der Waals surface area contributed by atoms with Crippen LogP contribution in [0.4, 0.5) is 0 Å². The summed E-state index contributed by atoms with van der Waals surface area (Å²) in [6.07, 6.45) is 0. The van der Waals surface area contributed by atoms with Gasteiger partial charge < -0.3 is 15.3 Å². The van der Waals surface area contributed by atoms with Crippen LogP contribution in [0.25, 0.3) is 0 Å². The zero-order valence-electron chi connectivity index (χ0n) is 11.6. The Kier molecular flexibility index (Phi) is 5.61. The number of nitrogens with one attached hydrogen (secondary N) is 1. The Balaban J connectivity index is 4.56. The summed E-state index contributed by atoms with van der Waals surface area (Å²) >= 11 is 0. The zero-order valence-corrected chi connectivity index (χ0v) is 11.6. The second-order valence-corrected chi connectivity index (χ2v) is 5.57. The number of carboxylic acids is 1. The van der Waals surface area contributed by atoms with Crippen LogP contribution >= 0.6 is 0 Å². The summed E-state index contributed by atoms with van der Waals surface area (Å²) in [7, 11) is 1.87. The minimum atomic E-state index is -1.01. The van der Waals surface area contributed by atoms with Crippen LogP contribution in [0.3, 0.4) is 0 Å². The maximum Gasteiger partial charge on any atom is 0.327 e. The smallest absolute Gasteiger partial charge is 0.327 e. The number of aliphatic carboxylic acids is 1. The van der Waals surface area contributed by atoms with Crippen LogP contribution in [0, 0.1) is 5.41 Å². The van der Waals surface area contributed by atoms with Gasteiger partial charge in [-0.1, -0.05) is 20.8 Å². The molecular weight excluding hydrogens is 220 g/mol. The molecule has 0 aromatic rings. The molecule has 0 aliphatic heterocycles. The molecule has 17 heavy (non-hydrogen) atoms. The van der Waals surface area contributed by atoms with Gasteiger partial charge in [-0.15, -0.1) is 0 Å². The number of likely N-dealkylation sites (N-methyl/N-ethyl adjacent to an activating group) is 1. The highest BCUT2D eigenvalue weighted by Crippen LogP contribution is 2.22. The first-order valence-corrected chi connectivity index (χ1v) is 5.76. The predicted molar refractivity (Wildman–Crippen MR) is 66.8 cm³/mol. The van der Waals surface area contributed by atoms with E-state index >= 15 is 0 Å². The lowest BCUT2D eigenvalue weighted by molar-refractivity contribution is -0.142. The van der Waals surface area contributed by atoms with Crippen molar-refractivity contribution in [2.24, 2.45) is 5.41 Å². The predicted octanol–water partition coefficient (Wildman–Crippen LogP) is 0.942. The second kappa shape index (κ2) is 6.00. The van der Waals surface area contributed by atoms with Gasteiger partial charge in [0, 0.05) is 19.5 Å². The normalized spacial score (nSPS) is 15.5. The maximum atomic E-state index is 11.0. The summed E-state index contributed by atoms with van der Waals surface area (Å²) in [5, 5.41) is 11.5. The molecule has 0 heterocycles. The molecule has 0 rings (SSSR count). The Labute approximate surface area is 103 Å². The van der Waals surface area contributed by atoms with E-state index in [0.717, 1.165) is 0 Å². The van der Waals surface area contributed by atoms with E-state index in [1.807, 2.05) is 18.9 Å². The number of hydrogen-bond donors (Lipinski definition) is 2. The highest BCUT2D eigenvalue weighted by atomic mass is 16.4. The lowest BCUT2D eigenvalue weighted by Crippen LogP contribution is -2.51. The van der Waals surface area contributed by atoms with Crippen molar-refractivity contribution in [1.29, 1.82) is 0 Å². The number of rotatable bonds is 5. The van der Waals surface area contributed by atoms with Gasteiger partial charge in [-0.3, -0.25) is 4.79 Å². The van der Waals surface area contributed by atoms with Crippen molar-refractivity contribution < 1.29 is 14.7 Å². The van der Waals surface area contributed by atoms with Gasteiger partial charge in [0.05, 0.1) is 0 Å². The topological polar surface area (TPSA) is 69.6 Å². The largest absolute Gasteiger partial charge is 0.480 e. The number of carboxylic acid groups (broad SMARTS) is 1. The van der Waals surface area contributed by atoms with Crippen molar-refractivity contribution in [2.45, 2.75) is 46.7 Å². The third kappa shape index (κ3) is 5.68. The Morgan fingerprint density at radius 3 is 2.12 bits per heavy atom. The molecule has 2 N–H and O–H groups in total.